The van der Waals surface area contributed by atoms with Gasteiger partial charge in [0.15, 0.2) is 0 Å². The van der Waals surface area contributed by atoms with Crippen molar-refractivity contribution in [2.75, 3.05) is 0 Å². The molecule has 0 aliphatic carbocycles. The smallest absolute Gasteiger partial charge is 0.212 e. The van der Waals surface area contributed by atoms with Crippen molar-refractivity contribution >= 4 is 0 Å². The van der Waals surface area contributed by atoms with Gasteiger partial charge in [0.05, 0.1) is 18.6 Å². The molecule has 0 atom stereocenters. The maximum atomic E-state index is 11.5. The van der Waals surface area contributed by atoms with E-state index in [4.69, 9.17) is 0 Å². The first-order valence-electron chi connectivity index (χ1n) is 9.79. The molecule has 0 saturated heterocycles. The quantitative estimate of drug-likeness (QED) is 0.260. The summed E-state index contributed by atoms with van der Waals surface area (Å²) < 4.78 is 245. The van der Waals surface area contributed by atoms with Crippen LogP contribution in [0.15, 0.2) is 36.2 Å². The predicted octanol–water partition coefficient (Wildman–Crippen LogP) is 12.5. The summed E-state index contributed by atoms with van der Waals surface area (Å²) in [5.41, 5.74) is 0. The van der Waals surface area contributed by atoms with Crippen LogP contribution in [0.25, 0.3) is 0 Å². The maximum Gasteiger partial charge on any atom is 0.412 e. The van der Waals surface area contributed by atoms with E-state index in [-0.39, 0.29) is 13.8 Å². The number of rotatable bonds is 3. The fraction of sp³-hybridized carbons (Fsp3) is 0.700. The number of hydrogen-bond donors (Lipinski definition) is 0. The van der Waals surface area contributed by atoms with Crippen LogP contribution in [0.3, 0.4) is 0 Å². The van der Waals surface area contributed by atoms with E-state index in [9.17, 15) is 96.6 Å². The normalized spacial score (nSPS) is 13.7. The second-order valence-electron chi connectivity index (χ2n) is 7.58. The van der Waals surface area contributed by atoms with Gasteiger partial charge in [-0.15, -0.1) is 0 Å². The van der Waals surface area contributed by atoms with Gasteiger partial charge in [0.2, 0.25) is 0 Å². The minimum Gasteiger partial charge on any atom is -0.212 e. The standard InChI is InChI=1S/2C4H5F5.3C4H4F4/c2*1-3(5,6)2-4(7,8)9;3*1-3(5)2-4(6,7)8/h2*2H2,1H3;2*2H,1H3;1-2H2/b;;3-2+;3-2-;. The van der Waals surface area contributed by atoms with Crippen LogP contribution in [0.1, 0.15) is 47.0 Å². The van der Waals surface area contributed by atoms with Gasteiger partial charge in [0.25, 0.3) is 11.8 Å². The molecule has 0 unspecified atom stereocenters. The van der Waals surface area contributed by atoms with Crippen molar-refractivity contribution in [3.63, 3.8) is 0 Å². The summed E-state index contributed by atoms with van der Waals surface area (Å²) >= 11 is 0. The number of halogens is 22. The van der Waals surface area contributed by atoms with Crippen molar-refractivity contribution in [3.8, 4) is 0 Å². The van der Waals surface area contributed by atoms with Crippen molar-refractivity contribution in [1.82, 2.24) is 0 Å². The average Bonchev–Trinajstić information content (AvgIpc) is 2.40. The van der Waals surface area contributed by atoms with E-state index in [1.54, 1.807) is 0 Å². The molecular weight excluding hydrogens is 658 g/mol. The van der Waals surface area contributed by atoms with Crippen molar-refractivity contribution in [1.29, 1.82) is 0 Å². The molecule has 0 nitrogen and oxygen atoms in total. The third kappa shape index (κ3) is 83.2. The van der Waals surface area contributed by atoms with E-state index >= 15 is 0 Å². The molecular formula is C20H22F22. The van der Waals surface area contributed by atoms with Gasteiger partial charge in [-0.25, -0.2) is 30.7 Å². The molecule has 0 aromatic carbocycles. The fourth-order valence-electron chi connectivity index (χ4n) is 1.37. The Morgan fingerprint density at radius 1 is 0.476 bits per heavy atom. The zero-order valence-electron chi connectivity index (χ0n) is 21.3. The molecule has 0 saturated carbocycles. The highest BCUT2D eigenvalue weighted by molar-refractivity contribution is 4.93. The van der Waals surface area contributed by atoms with Gasteiger partial charge in [-0.1, -0.05) is 6.58 Å². The zero-order chi connectivity index (χ0) is 35.8. The third-order valence-corrected chi connectivity index (χ3v) is 2.14. The summed E-state index contributed by atoms with van der Waals surface area (Å²) in [6.45, 7) is 4.41. The summed E-state index contributed by atoms with van der Waals surface area (Å²) in [7, 11) is 0. The number of alkyl halides is 19. The molecule has 0 rings (SSSR count). The highest BCUT2D eigenvalue weighted by Crippen LogP contribution is 2.31. The maximum absolute atomic E-state index is 11.5. The van der Waals surface area contributed by atoms with Crippen LogP contribution < -0.4 is 0 Å². The minimum absolute atomic E-state index is 0.237. The van der Waals surface area contributed by atoms with Crippen LogP contribution in [0.2, 0.25) is 0 Å². The average molecular weight is 680 g/mol. The van der Waals surface area contributed by atoms with Crippen LogP contribution in [0.5, 0.6) is 0 Å². The molecule has 0 spiro atoms. The summed E-state index contributed by atoms with van der Waals surface area (Å²) in [4.78, 5) is 0. The van der Waals surface area contributed by atoms with E-state index < -0.39 is 91.6 Å². The van der Waals surface area contributed by atoms with Gasteiger partial charge in [-0.3, -0.25) is 0 Å². The number of hydrogen-bond acceptors (Lipinski definition) is 0. The third-order valence-electron chi connectivity index (χ3n) is 2.14. The molecule has 0 aromatic heterocycles. The minimum atomic E-state index is -4.77. The van der Waals surface area contributed by atoms with Crippen molar-refractivity contribution in [3.05, 3.63) is 36.2 Å². The molecule has 42 heavy (non-hydrogen) atoms. The molecule has 0 fully saturated rings. The highest BCUT2D eigenvalue weighted by atomic mass is 19.4. The van der Waals surface area contributed by atoms with Gasteiger partial charge in [0.1, 0.15) is 30.3 Å². The molecule has 0 amide bonds. The van der Waals surface area contributed by atoms with Crippen LogP contribution in [0.4, 0.5) is 96.6 Å². The largest absolute Gasteiger partial charge is 0.412 e. The summed E-state index contributed by atoms with van der Waals surface area (Å²) in [6, 6.07) is 0. The fourth-order valence-corrected chi connectivity index (χ4v) is 1.37. The van der Waals surface area contributed by atoms with E-state index in [1.807, 2.05) is 0 Å². The second kappa shape index (κ2) is 19.1. The second-order valence-corrected chi connectivity index (χ2v) is 7.58. The molecule has 0 aromatic rings. The molecule has 256 valence electrons. The topological polar surface area (TPSA) is 0 Å². The van der Waals surface area contributed by atoms with E-state index in [0.717, 1.165) is 13.8 Å². The Morgan fingerprint density at radius 2 is 0.690 bits per heavy atom. The lowest BCUT2D eigenvalue weighted by atomic mass is 10.3. The Balaban J connectivity index is -0.000000136. The van der Waals surface area contributed by atoms with Gasteiger partial charge < -0.3 is 0 Å². The molecule has 0 N–H and O–H groups in total. The van der Waals surface area contributed by atoms with Crippen molar-refractivity contribution in [2.45, 2.75) is 89.7 Å². The SMILES string of the molecule is C/C(F)=C/C(F)(F)F.C/C(F)=C\C(F)(F)F.C=C(F)CC(F)(F)F.CC(F)(F)CC(F)(F)F.CC(F)(F)CC(F)(F)F. The molecule has 0 aliphatic rings. The molecule has 0 aliphatic heterocycles. The van der Waals surface area contributed by atoms with Crippen molar-refractivity contribution in [2.24, 2.45) is 0 Å². The lowest BCUT2D eigenvalue weighted by molar-refractivity contribution is -0.183. The van der Waals surface area contributed by atoms with E-state index in [1.165, 1.54) is 0 Å². The highest BCUT2D eigenvalue weighted by Gasteiger charge is 2.40. The van der Waals surface area contributed by atoms with E-state index in [0.29, 0.717) is 0 Å². The van der Waals surface area contributed by atoms with Crippen LogP contribution in [-0.2, 0) is 0 Å². The molecule has 0 heterocycles. The van der Waals surface area contributed by atoms with Gasteiger partial charge in [0, 0.05) is 0 Å². The Labute approximate surface area is 223 Å². The Kier molecular flexibility index (Phi) is 22.4. The summed E-state index contributed by atoms with van der Waals surface area (Å²) in [5, 5.41) is 0. The Morgan fingerprint density at radius 3 is 0.690 bits per heavy atom. The van der Waals surface area contributed by atoms with Crippen LogP contribution in [-0.4, -0.2) is 42.7 Å². The van der Waals surface area contributed by atoms with Crippen LogP contribution in [0, 0.1) is 0 Å². The van der Waals surface area contributed by atoms with E-state index in [2.05, 4.69) is 6.58 Å². The molecule has 0 radical (unpaired) electrons. The lowest BCUT2D eigenvalue weighted by Crippen LogP contribution is -2.21. The first-order chi connectivity index (χ1) is 17.7. The van der Waals surface area contributed by atoms with Gasteiger partial charge in [-0.2, -0.15) is 65.9 Å². The Bertz CT molecular complexity index is 686. The van der Waals surface area contributed by atoms with Gasteiger partial charge >= 0.3 is 30.9 Å². The predicted molar refractivity (Wildman–Crippen MR) is 105 cm³/mol. The summed E-state index contributed by atoms with van der Waals surface area (Å²) in [6.07, 6.45) is -29.4. The van der Waals surface area contributed by atoms with Crippen LogP contribution >= 0.6 is 0 Å². The van der Waals surface area contributed by atoms with Gasteiger partial charge in [-0.05, 0) is 27.7 Å². The lowest BCUT2D eigenvalue weighted by Gasteiger charge is -2.11. The molecule has 22 heteroatoms. The monoisotopic (exact) mass is 680 g/mol. The Hall–Kier alpha value is -2.32. The first-order valence-corrected chi connectivity index (χ1v) is 9.79. The first kappa shape index (κ1) is 49.4. The number of allylic oxidation sites excluding steroid dienone is 5. The summed E-state index contributed by atoms with van der Waals surface area (Å²) in [5.74, 6) is -11.1. The molecule has 0 bridgehead atoms. The van der Waals surface area contributed by atoms with Crippen molar-refractivity contribution < 1.29 is 96.6 Å². The zero-order valence-corrected chi connectivity index (χ0v) is 21.3.